The molecule has 0 heterocycles. The van der Waals surface area contributed by atoms with Gasteiger partial charge in [0.1, 0.15) is 5.75 Å². The average molecular weight is 330 g/mol. The third-order valence-electron chi connectivity index (χ3n) is 4.37. The Morgan fingerprint density at radius 2 is 1.91 bits per heavy atom. The molecule has 2 aromatic carbocycles. The molecule has 1 aliphatic carbocycles. The van der Waals surface area contributed by atoms with Crippen LogP contribution in [0.1, 0.15) is 23.5 Å². The van der Waals surface area contributed by atoms with Crippen LogP contribution in [0.5, 0.6) is 5.75 Å². The maximum atomic E-state index is 12.6. The number of nitrogens with zero attached hydrogens (tertiary/aromatic N) is 1. The predicted octanol–water partition coefficient (Wildman–Crippen LogP) is 4.11. The first kappa shape index (κ1) is 15.9. The number of methoxy groups -OCH3 is 1. The Balaban J connectivity index is 1.61. The van der Waals surface area contributed by atoms with Gasteiger partial charge in [0.2, 0.25) is 5.91 Å². The van der Waals surface area contributed by atoms with Gasteiger partial charge < -0.3 is 9.64 Å². The summed E-state index contributed by atoms with van der Waals surface area (Å²) in [4.78, 5) is 14.4. The molecule has 1 amide bonds. The van der Waals surface area contributed by atoms with E-state index < -0.39 is 0 Å². The molecule has 2 aromatic rings. The molecular formula is C19H20ClNO2. The molecule has 23 heavy (non-hydrogen) atoms. The minimum Gasteiger partial charge on any atom is -0.497 e. The van der Waals surface area contributed by atoms with Crippen LogP contribution in [0.25, 0.3) is 0 Å². The van der Waals surface area contributed by atoms with Crippen LogP contribution >= 0.6 is 11.6 Å². The molecule has 1 fully saturated rings. The van der Waals surface area contributed by atoms with Crippen LogP contribution < -0.4 is 4.74 Å². The van der Waals surface area contributed by atoms with Crippen molar-refractivity contribution in [1.29, 1.82) is 0 Å². The lowest BCUT2D eigenvalue weighted by Gasteiger charge is -2.18. The molecular weight excluding hydrogens is 310 g/mol. The number of carbonyl (C=O) groups is 1. The number of hydrogen-bond acceptors (Lipinski definition) is 2. The highest BCUT2D eigenvalue weighted by Gasteiger charge is 2.45. The van der Waals surface area contributed by atoms with Gasteiger partial charge in [-0.25, -0.2) is 0 Å². The summed E-state index contributed by atoms with van der Waals surface area (Å²) in [6.45, 7) is 0.606. The lowest BCUT2D eigenvalue weighted by atomic mass is 10.1. The topological polar surface area (TPSA) is 29.5 Å². The maximum Gasteiger partial charge on any atom is 0.226 e. The molecule has 0 saturated heterocycles. The second kappa shape index (κ2) is 6.63. The van der Waals surface area contributed by atoms with E-state index in [4.69, 9.17) is 16.3 Å². The van der Waals surface area contributed by atoms with E-state index in [1.165, 1.54) is 0 Å². The predicted molar refractivity (Wildman–Crippen MR) is 91.8 cm³/mol. The molecule has 3 nitrogen and oxygen atoms in total. The van der Waals surface area contributed by atoms with Crippen molar-refractivity contribution in [2.24, 2.45) is 5.92 Å². The zero-order valence-electron chi connectivity index (χ0n) is 13.3. The molecule has 0 aromatic heterocycles. The van der Waals surface area contributed by atoms with Crippen LogP contribution in [-0.2, 0) is 11.3 Å². The third kappa shape index (κ3) is 3.50. The quantitative estimate of drug-likeness (QED) is 0.826. The molecule has 0 bridgehead atoms. The van der Waals surface area contributed by atoms with Crippen molar-refractivity contribution in [3.63, 3.8) is 0 Å². The van der Waals surface area contributed by atoms with Crippen molar-refractivity contribution < 1.29 is 9.53 Å². The Kier molecular flexibility index (Phi) is 4.58. The Morgan fingerprint density at radius 1 is 1.22 bits per heavy atom. The molecule has 0 radical (unpaired) electrons. The average Bonchev–Trinajstić information content (AvgIpc) is 3.35. The molecule has 0 spiro atoms. The van der Waals surface area contributed by atoms with Crippen LogP contribution in [-0.4, -0.2) is 25.0 Å². The summed E-state index contributed by atoms with van der Waals surface area (Å²) in [7, 11) is 3.50. The molecule has 2 unspecified atom stereocenters. The van der Waals surface area contributed by atoms with Gasteiger partial charge in [-0.2, -0.15) is 0 Å². The first-order valence-electron chi connectivity index (χ1n) is 7.72. The fraction of sp³-hybridized carbons (Fsp3) is 0.316. The maximum absolute atomic E-state index is 12.6. The molecule has 0 N–H and O–H groups in total. The number of ether oxygens (including phenoxy) is 1. The zero-order chi connectivity index (χ0) is 16.4. The van der Waals surface area contributed by atoms with Gasteiger partial charge in [-0.3, -0.25) is 4.79 Å². The Labute approximate surface area is 141 Å². The molecule has 2 atom stereocenters. The van der Waals surface area contributed by atoms with E-state index in [0.29, 0.717) is 6.54 Å². The van der Waals surface area contributed by atoms with Gasteiger partial charge in [-0.1, -0.05) is 41.9 Å². The molecule has 1 saturated carbocycles. The van der Waals surface area contributed by atoms with E-state index in [9.17, 15) is 4.79 Å². The van der Waals surface area contributed by atoms with Gasteiger partial charge in [-0.15, -0.1) is 0 Å². The molecule has 0 aliphatic heterocycles. The highest BCUT2D eigenvalue weighted by atomic mass is 35.5. The standard InChI is InChI=1S/C19H20ClNO2/c1-21(12-13-7-9-14(23-2)10-8-13)19(22)17-11-16(17)15-5-3-4-6-18(15)20/h3-10,16-17H,11-12H2,1-2H3. The number of benzene rings is 2. The van der Waals surface area contributed by atoms with E-state index in [0.717, 1.165) is 28.3 Å². The monoisotopic (exact) mass is 329 g/mol. The number of rotatable bonds is 5. The fourth-order valence-electron chi connectivity index (χ4n) is 2.95. The largest absolute Gasteiger partial charge is 0.497 e. The van der Waals surface area contributed by atoms with Gasteiger partial charge in [0, 0.05) is 24.5 Å². The molecule has 120 valence electrons. The molecule has 1 aliphatic rings. The van der Waals surface area contributed by atoms with Crippen molar-refractivity contribution in [2.75, 3.05) is 14.2 Å². The zero-order valence-corrected chi connectivity index (χ0v) is 14.1. The fourth-order valence-corrected chi connectivity index (χ4v) is 3.23. The van der Waals surface area contributed by atoms with Crippen molar-refractivity contribution >= 4 is 17.5 Å². The van der Waals surface area contributed by atoms with Gasteiger partial charge in [0.05, 0.1) is 7.11 Å². The van der Waals surface area contributed by atoms with Gasteiger partial charge in [0.15, 0.2) is 0 Å². The lowest BCUT2D eigenvalue weighted by Crippen LogP contribution is -2.28. The highest BCUT2D eigenvalue weighted by molar-refractivity contribution is 6.31. The van der Waals surface area contributed by atoms with Crippen LogP contribution in [0.15, 0.2) is 48.5 Å². The Morgan fingerprint density at radius 3 is 2.57 bits per heavy atom. The van der Waals surface area contributed by atoms with Gasteiger partial charge in [0.25, 0.3) is 0 Å². The Hall–Kier alpha value is -2.00. The summed E-state index contributed by atoms with van der Waals surface area (Å²) in [5.74, 6) is 1.32. The summed E-state index contributed by atoms with van der Waals surface area (Å²) in [6, 6.07) is 15.6. The molecule has 3 rings (SSSR count). The number of carbonyl (C=O) groups excluding carboxylic acids is 1. The van der Waals surface area contributed by atoms with Crippen molar-refractivity contribution in [1.82, 2.24) is 4.90 Å². The Bertz CT molecular complexity index is 699. The van der Waals surface area contributed by atoms with E-state index in [-0.39, 0.29) is 17.7 Å². The van der Waals surface area contributed by atoms with Gasteiger partial charge >= 0.3 is 0 Å². The van der Waals surface area contributed by atoms with E-state index in [1.54, 1.807) is 12.0 Å². The highest BCUT2D eigenvalue weighted by Crippen LogP contribution is 2.50. The number of amides is 1. The minimum atomic E-state index is 0.0538. The van der Waals surface area contributed by atoms with Crippen molar-refractivity contribution in [2.45, 2.75) is 18.9 Å². The lowest BCUT2D eigenvalue weighted by molar-refractivity contribution is -0.131. The second-order valence-electron chi connectivity index (χ2n) is 6.01. The van der Waals surface area contributed by atoms with E-state index >= 15 is 0 Å². The summed E-state index contributed by atoms with van der Waals surface area (Å²) >= 11 is 6.23. The molecule has 4 heteroatoms. The first-order valence-corrected chi connectivity index (χ1v) is 8.10. The van der Waals surface area contributed by atoms with Gasteiger partial charge in [-0.05, 0) is 41.7 Å². The second-order valence-corrected chi connectivity index (χ2v) is 6.42. The van der Waals surface area contributed by atoms with E-state index in [1.807, 2.05) is 55.6 Å². The van der Waals surface area contributed by atoms with Crippen LogP contribution in [0, 0.1) is 5.92 Å². The van der Waals surface area contributed by atoms with Crippen LogP contribution in [0.3, 0.4) is 0 Å². The summed E-state index contributed by atoms with van der Waals surface area (Å²) < 4.78 is 5.15. The summed E-state index contributed by atoms with van der Waals surface area (Å²) in [5, 5.41) is 0.755. The summed E-state index contributed by atoms with van der Waals surface area (Å²) in [6.07, 6.45) is 0.884. The number of halogens is 1. The number of hydrogen-bond donors (Lipinski definition) is 0. The smallest absolute Gasteiger partial charge is 0.226 e. The first-order chi connectivity index (χ1) is 11.1. The SMILES string of the molecule is COc1ccc(CN(C)C(=O)C2CC2c2ccccc2Cl)cc1. The third-order valence-corrected chi connectivity index (χ3v) is 4.71. The normalized spacial score (nSPS) is 19.3. The van der Waals surface area contributed by atoms with Crippen molar-refractivity contribution in [3.8, 4) is 5.75 Å². The minimum absolute atomic E-state index is 0.0538. The van der Waals surface area contributed by atoms with E-state index in [2.05, 4.69) is 0 Å². The van der Waals surface area contributed by atoms with Crippen molar-refractivity contribution in [3.05, 3.63) is 64.7 Å². The van der Waals surface area contributed by atoms with Crippen LogP contribution in [0.2, 0.25) is 5.02 Å². The summed E-state index contributed by atoms with van der Waals surface area (Å²) in [5.41, 5.74) is 2.18. The van der Waals surface area contributed by atoms with Crippen LogP contribution in [0.4, 0.5) is 0 Å².